The van der Waals surface area contributed by atoms with Gasteiger partial charge in [-0.3, -0.25) is 9.59 Å². The van der Waals surface area contributed by atoms with Crippen molar-refractivity contribution in [3.63, 3.8) is 0 Å². The molecule has 4 heteroatoms. The van der Waals surface area contributed by atoms with Gasteiger partial charge in [0.1, 0.15) is 5.75 Å². The van der Waals surface area contributed by atoms with Crippen molar-refractivity contribution in [2.24, 2.45) is 0 Å². The Kier molecular flexibility index (Phi) is 2.62. The number of rotatable bonds is 2. The molecule has 0 aliphatic heterocycles. The van der Waals surface area contributed by atoms with Crippen molar-refractivity contribution >= 4 is 34.4 Å². The lowest BCUT2D eigenvalue weighted by atomic mass is 10.0. The minimum absolute atomic E-state index is 0.0368. The van der Waals surface area contributed by atoms with Crippen molar-refractivity contribution < 1.29 is 14.7 Å². The molecule has 0 spiro atoms. The molecule has 2 aromatic rings. The average molecular weight is 235 g/mol. The van der Waals surface area contributed by atoms with E-state index in [9.17, 15) is 14.7 Å². The Morgan fingerprint density at radius 3 is 2.69 bits per heavy atom. The molecule has 0 amide bonds. The molecular formula is C12H7ClO3. The number of carbonyl (C=O) groups excluding carboxylic acids is 2. The smallest absolute Gasteiger partial charge is 0.226 e. The summed E-state index contributed by atoms with van der Waals surface area (Å²) < 4.78 is 0. The molecule has 0 aromatic heterocycles. The predicted molar refractivity (Wildman–Crippen MR) is 61.0 cm³/mol. The van der Waals surface area contributed by atoms with Crippen LogP contribution in [-0.4, -0.2) is 17.2 Å². The lowest BCUT2D eigenvalue weighted by molar-refractivity contribution is -0.104. The summed E-state index contributed by atoms with van der Waals surface area (Å²) in [6.07, 6.45) is 0.231. The van der Waals surface area contributed by atoms with Gasteiger partial charge in [-0.15, -0.1) is 0 Å². The molecule has 0 unspecified atom stereocenters. The van der Waals surface area contributed by atoms with Crippen LogP contribution in [0.15, 0.2) is 30.3 Å². The van der Waals surface area contributed by atoms with E-state index in [2.05, 4.69) is 0 Å². The van der Waals surface area contributed by atoms with Crippen molar-refractivity contribution in [3.8, 4) is 5.75 Å². The van der Waals surface area contributed by atoms with E-state index >= 15 is 0 Å². The van der Waals surface area contributed by atoms with Crippen LogP contribution in [0.4, 0.5) is 0 Å². The van der Waals surface area contributed by atoms with Crippen LogP contribution in [0.3, 0.4) is 0 Å². The minimum Gasteiger partial charge on any atom is -0.508 e. The van der Waals surface area contributed by atoms with Gasteiger partial charge in [-0.1, -0.05) is 17.7 Å². The monoisotopic (exact) mass is 234 g/mol. The van der Waals surface area contributed by atoms with Crippen LogP contribution in [0.1, 0.15) is 10.4 Å². The summed E-state index contributed by atoms with van der Waals surface area (Å²) in [7, 11) is 0. The average Bonchev–Trinajstić information content (AvgIpc) is 2.27. The maximum Gasteiger partial charge on any atom is 0.226 e. The summed E-state index contributed by atoms with van der Waals surface area (Å²) in [6.45, 7) is 0. The molecule has 0 heterocycles. The largest absolute Gasteiger partial charge is 0.508 e. The maximum absolute atomic E-state index is 11.4. The Hall–Kier alpha value is -1.87. The lowest BCUT2D eigenvalue weighted by Crippen LogP contribution is -2.00. The second kappa shape index (κ2) is 3.94. The molecule has 80 valence electrons. The summed E-state index contributed by atoms with van der Waals surface area (Å²) in [6, 6.07) is 7.65. The van der Waals surface area contributed by atoms with E-state index < -0.39 is 5.78 Å². The summed E-state index contributed by atoms with van der Waals surface area (Å²) in [5, 5.41) is 10.9. The van der Waals surface area contributed by atoms with Gasteiger partial charge in [0, 0.05) is 10.6 Å². The van der Waals surface area contributed by atoms with Gasteiger partial charge in [-0.25, -0.2) is 0 Å². The second-order valence-corrected chi connectivity index (χ2v) is 3.78. The van der Waals surface area contributed by atoms with E-state index in [4.69, 9.17) is 11.6 Å². The van der Waals surface area contributed by atoms with E-state index in [0.717, 1.165) is 0 Å². The minimum atomic E-state index is -0.655. The highest BCUT2D eigenvalue weighted by molar-refractivity contribution is 6.38. The van der Waals surface area contributed by atoms with E-state index in [0.29, 0.717) is 15.8 Å². The van der Waals surface area contributed by atoms with E-state index in [1.807, 2.05) is 0 Å². The lowest BCUT2D eigenvalue weighted by Gasteiger charge is -2.04. The molecule has 0 atom stereocenters. The molecule has 1 N–H and O–H groups in total. The van der Waals surface area contributed by atoms with Crippen LogP contribution in [-0.2, 0) is 4.79 Å². The number of fused-ring (bicyclic) bond motifs is 1. The van der Waals surface area contributed by atoms with Crippen LogP contribution < -0.4 is 0 Å². The van der Waals surface area contributed by atoms with Crippen LogP contribution in [0.25, 0.3) is 10.8 Å². The van der Waals surface area contributed by atoms with Crippen molar-refractivity contribution in [2.75, 3.05) is 0 Å². The number of aromatic hydroxyl groups is 1. The highest BCUT2D eigenvalue weighted by Crippen LogP contribution is 2.27. The number of phenolic OH excluding ortho intramolecular Hbond substituents is 1. The van der Waals surface area contributed by atoms with E-state index in [-0.39, 0.29) is 17.6 Å². The highest BCUT2D eigenvalue weighted by atomic mass is 35.5. The highest BCUT2D eigenvalue weighted by Gasteiger charge is 2.11. The van der Waals surface area contributed by atoms with Crippen LogP contribution >= 0.6 is 11.6 Å². The first-order chi connectivity index (χ1) is 7.61. The molecule has 2 rings (SSSR count). The van der Waals surface area contributed by atoms with Gasteiger partial charge in [0.05, 0.1) is 0 Å². The molecule has 16 heavy (non-hydrogen) atoms. The van der Waals surface area contributed by atoms with Crippen molar-refractivity contribution in [1.82, 2.24) is 0 Å². The molecule has 0 saturated heterocycles. The van der Waals surface area contributed by atoms with Gasteiger partial charge in [0.2, 0.25) is 5.78 Å². The standard InChI is InChI=1S/C12H7ClO3/c13-8-3-7-1-2-9(15)5-10(7)11(4-8)12(16)6-14/h1-6,15H. The molecule has 0 bridgehead atoms. The number of Topliss-reactive ketones (excluding diaryl/α,β-unsaturated/α-hetero) is 1. The number of hydrogen-bond acceptors (Lipinski definition) is 3. The number of carbonyl (C=O) groups is 2. The summed E-state index contributed by atoms with van der Waals surface area (Å²) in [5.41, 5.74) is 0.202. The number of ketones is 1. The fraction of sp³-hybridized carbons (Fsp3) is 0. The first kappa shape index (κ1) is 10.6. The third-order valence-corrected chi connectivity index (χ3v) is 2.49. The van der Waals surface area contributed by atoms with Gasteiger partial charge in [0.25, 0.3) is 0 Å². The zero-order valence-electron chi connectivity index (χ0n) is 8.11. The molecule has 3 nitrogen and oxygen atoms in total. The van der Waals surface area contributed by atoms with Crippen LogP contribution in [0, 0.1) is 0 Å². The SMILES string of the molecule is O=CC(=O)c1cc(Cl)cc2ccc(O)cc12. The summed E-state index contributed by atoms with van der Waals surface area (Å²) in [4.78, 5) is 21.9. The summed E-state index contributed by atoms with van der Waals surface area (Å²) in [5.74, 6) is -0.618. The third-order valence-electron chi connectivity index (χ3n) is 2.28. The molecule has 0 radical (unpaired) electrons. The van der Waals surface area contributed by atoms with E-state index in [1.54, 1.807) is 12.1 Å². The van der Waals surface area contributed by atoms with E-state index in [1.165, 1.54) is 18.2 Å². The van der Waals surface area contributed by atoms with Gasteiger partial charge in [-0.2, -0.15) is 0 Å². The number of benzene rings is 2. The predicted octanol–water partition coefficient (Wildman–Crippen LogP) is 2.58. The maximum atomic E-state index is 11.4. The van der Waals surface area contributed by atoms with Crippen LogP contribution in [0.2, 0.25) is 5.02 Å². The van der Waals surface area contributed by atoms with Crippen molar-refractivity contribution in [1.29, 1.82) is 0 Å². The normalized spacial score (nSPS) is 10.3. The number of halogens is 1. The first-order valence-electron chi connectivity index (χ1n) is 4.53. The molecule has 2 aromatic carbocycles. The Labute approximate surface area is 96.3 Å². The molecule has 0 fully saturated rings. The van der Waals surface area contributed by atoms with Gasteiger partial charge in [-0.05, 0) is 35.0 Å². The van der Waals surface area contributed by atoms with Crippen LogP contribution in [0.5, 0.6) is 5.75 Å². The third kappa shape index (κ3) is 1.77. The Bertz CT molecular complexity index is 590. The fourth-order valence-corrected chi connectivity index (χ4v) is 1.80. The first-order valence-corrected chi connectivity index (χ1v) is 4.91. The quantitative estimate of drug-likeness (QED) is 0.494. The molecule has 0 aliphatic carbocycles. The number of hydrogen-bond donors (Lipinski definition) is 1. The Morgan fingerprint density at radius 2 is 2.00 bits per heavy atom. The Balaban J connectivity index is 2.84. The molecule has 0 aliphatic rings. The fourth-order valence-electron chi connectivity index (χ4n) is 1.58. The second-order valence-electron chi connectivity index (χ2n) is 3.34. The van der Waals surface area contributed by atoms with Crippen molar-refractivity contribution in [3.05, 3.63) is 40.9 Å². The molecular weight excluding hydrogens is 228 g/mol. The molecule has 0 saturated carbocycles. The number of aldehydes is 1. The summed E-state index contributed by atoms with van der Waals surface area (Å²) >= 11 is 5.83. The van der Waals surface area contributed by atoms with Gasteiger partial charge in [0.15, 0.2) is 6.29 Å². The zero-order valence-corrected chi connectivity index (χ0v) is 8.86. The zero-order chi connectivity index (χ0) is 11.7. The van der Waals surface area contributed by atoms with Gasteiger partial charge >= 0.3 is 0 Å². The van der Waals surface area contributed by atoms with Crippen molar-refractivity contribution in [2.45, 2.75) is 0 Å². The van der Waals surface area contributed by atoms with Gasteiger partial charge < -0.3 is 5.11 Å². The topological polar surface area (TPSA) is 54.4 Å². The Morgan fingerprint density at radius 1 is 1.25 bits per heavy atom. The number of phenols is 1.